The highest BCUT2D eigenvalue weighted by molar-refractivity contribution is 7.81. The SMILES string of the molecule is CN1C=CC=NS1=O. The molecule has 0 saturated heterocycles. The number of allylic oxidation sites excluding steroid dienone is 1. The van der Waals surface area contributed by atoms with E-state index >= 15 is 0 Å². The first-order valence-corrected chi connectivity index (χ1v) is 3.23. The molecule has 4 heteroatoms. The Balaban J connectivity index is 2.74. The fraction of sp³-hybridized carbons (Fsp3) is 0.250. The third kappa shape index (κ3) is 0.949. The Labute approximate surface area is 50.4 Å². The number of hydrogen-bond donors (Lipinski definition) is 0. The van der Waals surface area contributed by atoms with Crippen molar-refractivity contribution in [2.75, 3.05) is 7.05 Å². The van der Waals surface area contributed by atoms with E-state index in [-0.39, 0.29) is 0 Å². The maximum Gasteiger partial charge on any atom is 0.244 e. The summed E-state index contributed by atoms with van der Waals surface area (Å²) in [7, 11) is 1.71. The van der Waals surface area contributed by atoms with Crippen molar-refractivity contribution in [2.24, 2.45) is 4.40 Å². The molecular formula is C4H6N2OS. The van der Waals surface area contributed by atoms with E-state index in [4.69, 9.17) is 0 Å². The summed E-state index contributed by atoms with van der Waals surface area (Å²) in [5, 5.41) is 0. The largest absolute Gasteiger partial charge is 0.283 e. The second kappa shape index (κ2) is 2.09. The Morgan fingerprint density at radius 2 is 2.50 bits per heavy atom. The lowest BCUT2D eigenvalue weighted by Crippen LogP contribution is -2.14. The Morgan fingerprint density at radius 3 is 2.88 bits per heavy atom. The Bertz CT molecular complexity index is 163. The Kier molecular flexibility index (Phi) is 1.43. The highest BCUT2D eigenvalue weighted by Gasteiger charge is 2.00. The predicted molar refractivity (Wildman–Crippen MR) is 33.5 cm³/mol. The Morgan fingerprint density at radius 1 is 1.75 bits per heavy atom. The van der Waals surface area contributed by atoms with E-state index in [1.54, 1.807) is 19.3 Å². The van der Waals surface area contributed by atoms with Crippen LogP contribution in [0, 0.1) is 0 Å². The van der Waals surface area contributed by atoms with Crippen LogP contribution in [0.2, 0.25) is 0 Å². The van der Waals surface area contributed by atoms with Gasteiger partial charge in [0.25, 0.3) is 0 Å². The van der Waals surface area contributed by atoms with E-state index in [2.05, 4.69) is 4.40 Å². The van der Waals surface area contributed by atoms with Crippen molar-refractivity contribution in [2.45, 2.75) is 0 Å². The van der Waals surface area contributed by atoms with Gasteiger partial charge in [0.15, 0.2) is 0 Å². The van der Waals surface area contributed by atoms with Crippen molar-refractivity contribution in [3.63, 3.8) is 0 Å². The topological polar surface area (TPSA) is 32.7 Å². The standard InChI is InChI=1S/C4H6N2OS/c1-6-4-2-3-5-8(6)7/h2-4H,1H3. The summed E-state index contributed by atoms with van der Waals surface area (Å²) in [5.74, 6) is 0. The van der Waals surface area contributed by atoms with Crippen molar-refractivity contribution in [1.82, 2.24) is 4.31 Å². The van der Waals surface area contributed by atoms with E-state index in [0.717, 1.165) is 0 Å². The molecule has 0 spiro atoms. The molecule has 0 radical (unpaired) electrons. The maximum absolute atomic E-state index is 10.6. The third-order valence-corrected chi connectivity index (χ3v) is 1.70. The lowest BCUT2D eigenvalue weighted by atomic mass is 10.7. The molecule has 0 aliphatic carbocycles. The highest BCUT2D eigenvalue weighted by atomic mass is 32.2. The molecule has 1 rings (SSSR count). The van der Waals surface area contributed by atoms with Crippen molar-refractivity contribution in [1.29, 1.82) is 0 Å². The van der Waals surface area contributed by atoms with Crippen LogP contribution in [0.15, 0.2) is 16.7 Å². The lowest BCUT2D eigenvalue weighted by molar-refractivity contribution is 0.630. The van der Waals surface area contributed by atoms with Crippen molar-refractivity contribution < 1.29 is 4.21 Å². The minimum Gasteiger partial charge on any atom is -0.283 e. The molecule has 0 fully saturated rings. The number of rotatable bonds is 0. The average Bonchev–Trinajstić information content (AvgIpc) is 1.77. The fourth-order valence-electron chi connectivity index (χ4n) is 0.373. The van der Waals surface area contributed by atoms with E-state index in [0.29, 0.717) is 0 Å². The molecule has 1 unspecified atom stereocenters. The molecule has 0 amide bonds. The summed E-state index contributed by atoms with van der Waals surface area (Å²) >= 11 is -1.17. The summed E-state index contributed by atoms with van der Waals surface area (Å²) < 4.78 is 15.7. The van der Waals surface area contributed by atoms with E-state index in [9.17, 15) is 4.21 Å². The van der Waals surface area contributed by atoms with Gasteiger partial charge in [0.2, 0.25) is 11.2 Å². The van der Waals surface area contributed by atoms with E-state index < -0.39 is 11.2 Å². The van der Waals surface area contributed by atoms with Crippen molar-refractivity contribution in [3.8, 4) is 0 Å². The average molecular weight is 130 g/mol. The second-order valence-electron chi connectivity index (χ2n) is 1.37. The molecular weight excluding hydrogens is 124 g/mol. The minimum absolute atomic E-state index is 1.17. The highest BCUT2D eigenvalue weighted by Crippen LogP contribution is 1.96. The third-order valence-electron chi connectivity index (χ3n) is 0.779. The molecule has 1 aliphatic heterocycles. The summed E-state index contributed by atoms with van der Waals surface area (Å²) in [6.45, 7) is 0. The monoisotopic (exact) mass is 130 g/mol. The lowest BCUT2D eigenvalue weighted by Gasteiger charge is -2.09. The summed E-state index contributed by atoms with van der Waals surface area (Å²) in [4.78, 5) is 0. The normalized spacial score (nSPS) is 26.6. The molecule has 1 aliphatic rings. The van der Waals surface area contributed by atoms with Gasteiger partial charge in [-0.15, -0.1) is 0 Å². The molecule has 44 valence electrons. The van der Waals surface area contributed by atoms with Crippen LogP contribution < -0.4 is 0 Å². The smallest absolute Gasteiger partial charge is 0.244 e. The van der Waals surface area contributed by atoms with Crippen LogP contribution in [-0.2, 0) is 11.2 Å². The van der Waals surface area contributed by atoms with Crippen LogP contribution in [0.3, 0.4) is 0 Å². The van der Waals surface area contributed by atoms with Gasteiger partial charge in [-0.25, -0.2) is 4.21 Å². The summed E-state index contributed by atoms with van der Waals surface area (Å²) in [6.07, 6.45) is 4.97. The predicted octanol–water partition coefficient (Wildman–Crippen LogP) is 0.0950. The molecule has 8 heavy (non-hydrogen) atoms. The van der Waals surface area contributed by atoms with Gasteiger partial charge in [-0.3, -0.25) is 4.31 Å². The van der Waals surface area contributed by atoms with Crippen molar-refractivity contribution in [3.05, 3.63) is 12.3 Å². The first-order chi connectivity index (χ1) is 3.80. The van der Waals surface area contributed by atoms with Crippen LogP contribution in [0.1, 0.15) is 0 Å². The first-order valence-electron chi connectivity index (χ1n) is 2.16. The zero-order chi connectivity index (χ0) is 5.98. The molecule has 0 aromatic rings. The molecule has 1 heterocycles. The van der Waals surface area contributed by atoms with Crippen LogP contribution in [0.25, 0.3) is 0 Å². The molecule has 0 saturated carbocycles. The Hall–Kier alpha value is -0.640. The van der Waals surface area contributed by atoms with Crippen LogP contribution in [0.4, 0.5) is 0 Å². The van der Waals surface area contributed by atoms with Gasteiger partial charge in [0.1, 0.15) is 0 Å². The molecule has 1 atom stereocenters. The van der Waals surface area contributed by atoms with Gasteiger partial charge < -0.3 is 0 Å². The second-order valence-corrected chi connectivity index (χ2v) is 2.62. The molecule has 3 nitrogen and oxygen atoms in total. The van der Waals surface area contributed by atoms with Gasteiger partial charge in [-0.05, 0) is 6.08 Å². The van der Waals surface area contributed by atoms with Crippen LogP contribution in [-0.4, -0.2) is 21.8 Å². The summed E-state index contributed by atoms with van der Waals surface area (Å²) in [5.41, 5.74) is 0. The van der Waals surface area contributed by atoms with Gasteiger partial charge in [0, 0.05) is 19.5 Å². The number of hydrogen-bond acceptors (Lipinski definition) is 1. The summed E-state index contributed by atoms with van der Waals surface area (Å²) in [6, 6.07) is 0. The van der Waals surface area contributed by atoms with Gasteiger partial charge >= 0.3 is 0 Å². The molecule has 0 N–H and O–H groups in total. The maximum atomic E-state index is 10.6. The van der Waals surface area contributed by atoms with Gasteiger partial charge in [-0.2, -0.15) is 4.40 Å². The van der Waals surface area contributed by atoms with Crippen molar-refractivity contribution >= 4 is 17.4 Å². The van der Waals surface area contributed by atoms with Gasteiger partial charge in [0.05, 0.1) is 0 Å². The zero-order valence-electron chi connectivity index (χ0n) is 4.44. The molecule has 0 aromatic heterocycles. The van der Waals surface area contributed by atoms with Gasteiger partial charge in [-0.1, -0.05) is 0 Å². The quantitative estimate of drug-likeness (QED) is 0.457. The molecule has 0 aromatic carbocycles. The molecule has 0 bridgehead atoms. The zero-order valence-corrected chi connectivity index (χ0v) is 5.26. The first kappa shape index (κ1) is 5.50. The van der Waals surface area contributed by atoms with Crippen LogP contribution in [0.5, 0.6) is 0 Å². The van der Waals surface area contributed by atoms with E-state index in [1.165, 1.54) is 10.5 Å². The minimum atomic E-state index is -1.17. The number of nitrogens with zero attached hydrogens (tertiary/aromatic N) is 2. The van der Waals surface area contributed by atoms with Crippen LogP contribution >= 0.6 is 0 Å². The fourth-order valence-corrected chi connectivity index (χ4v) is 0.871. The van der Waals surface area contributed by atoms with E-state index in [1.807, 2.05) is 0 Å².